The molecule has 2 unspecified atom stereocenters. The van der Waals surface area contributed by atoms with Crippen molar-refractivity contribution in [2.24, 2.45) is 11.8 Å². The summed E-state index contributed by atoms with van der Waals surface area (Å²) in [5.74, 6) is 1.76. The number of nitrogens with zero attached hydrogens (tertiary/aromatic N) is 2. The molecule has 1 aromatic heterocycles. The van der Waals surface area contributed by atoms with E-state index in [0.717, 1.165) is 23.5 Å². The predicted octanol–water partition coefficient (Wildman–Crippen LogP) is 2.39. The second-order valence-corrected chi connectivity index (χ2v) is 4.69. The summed E-state index contributed by atoms with van der Waals surface area (Å²) >= 11 is 1.43. The van der Waals surface area contributed by atoms with Crippen LogP contribution in [0.25, 0.3) is 0 Å². The molecule has 4 heteroatoms. The molecule has 0 aliphatic heterocycles. The number of anilines is 1. The smallest absolute Gasteiger partial charge is 0.202 e. The minimum absolute atomic E-state index is 0.846. The van der Waals surface area contributed by atoms with Crippen LogP contribution in [0.4, 0.5) is 5.13 Å². The van der Waals surface area contributed by atoms with Crippen LogP contribution in [0.1, 0.15) is 26.2 Å². The van der Waals surface area contributed by atoms with E-state index in [9.17, 15) is 0 Å². The van der Waals surface area contributed by atoms with Crippen LogP contribution in [0.2, 0.25) is 0 Å². The number of hydrogen-bond acceptors (Lipinski definition) is 4. The van der Waals surface area contributed by atoms with Crippen LogP contribution >= 0.6 is 11.5 Å². The van der Waals surface area contributed by atoms with Gasteiger partial charge in [-0.05, 0) is 24.7 Å². The Hall–Kier alpha value is -0.640. The molecule has 0 amide bonds. The van der Waals surface area contributed by atoms with Gasteiger partial charge in [-0.3, -0.25) is 0 Å². The Kier molecular flexibility index (Phi) is 2.78. The SMILES string of the molecule is CC1CCC(CNc2ncns2)C1. The summed E-state index contributed by atoms with van der Waals surface area (Å²) in [5, 5.41) is 4.29. The van der Waals surface area contributed by atoms with Crippen LogP contribution in [-0.4, -0.2) is 15.9 Å². The van der Waals surface area contributed by atoms with Gasteiger partial charge >= 0.3 is 0 Å². The molecule has 1 aliphatic rings. The lowest BCUT2D eigenvalue weighted by atomic mass is 10.1. The molecule has 0 radical (unpaired) electrons. The quantitative estimate of drug-likeness (QED) is 0.808. The maximum absolute atomic E-state index is 4.09. The molecule has 1 heterocycles. The molecule has 0 spiro atoms. The van der Waals surface area contributed by atoms with Gasteiger partial charge in [0.15, 0.2) is 0 Å². The number of nitrogens with one attached hydrogen (secondary N) is 1. The molecule has 1 fully saturated rings. The molecular formula is C9H15N3S. The van der Waals surface area contributed by atoms with Gasteiger partial charge < -0.3 is 5.32 Å². The van der Waals surface area contributed by atoms with Crippen molar-refractivity contribution >= 4 is 16.7 Å². The molecular weight excluding hydrogens is 182 g/mol. The average molecular weight is 197 g/mol. The standard InChI is InChI=1S/C9H15N3S/c1-7-2-3-8(4-7)5-10-9-11-6-12-13-9/h6-8H,2-5H2,1H3,(H,10,11,12). The summed E-state index contributed by atoms with van der Waals surface area (Å²) in [4.78, 5) is 4.09. The van der Waals surface area contributed by atoms with E-state index in [1.54, 1.807) is 6.33 Å². The van der Waals surface area contributed by atoms with Gasteiger partial charge in [0.2, 0.25) is 5.13 Å². The Balaban J connectivity index is 1.74. The number of hydrogen-bond donors (Lipinski definition) is 1. The van der Waals surface area contributed by atoms with Crippen LogP contribution in [0.3, 0.4) is 0 Å². The highest BCUT2D eigenvalue weighted by Crippen LogP contribution is 2.30. The second kappa shape index (κ2) is 4.05. The van der Waals surface area contributed by atoms with E-state index in [1.165, 1.54) is 30.8 Å². The molecule has 72 valence electrons. The molecule has 3 nitrogen and oxygen atoms in total. The van der Waals surface area contributed by atoms with Crippen molar-refractivity contribution in [3.63, 3.8) is 0 Å². The summed E-state index contributed by atoms with van der Waals surface area (Å²) in [6.45, 7) is 3.41. The number of rotatable bonds is 3. The Morgan fingerprint density at radius 2 is 2.54 bits per heavy atom. The lowest BCUT2D eigenvalue weighted by molar-refractivity contribution is 0.537. The van der Waals surface area contributed by atoms with Gasteiger partial charge in [-0.1, -0.05) is 13.3 Å². The van der Waals surface area contributed by atoms with Crippen molar-refractivity contribution in [1.82, 2.24) is 9.36 Å². The van der Waals surface area contributed by atoms with Gasteiger partial charge in [-0.15, -0.1) is 0 Å². The Bertz CT molecular complexity index is 247. The second-order valence-electron chi connectivity index (χ2n) is 3.91. The Labute approximate surface area is 82.8 Å². The fourth-order valence-electron chi connectivity index (χ4n) is 1.99. The fraction of sp³-hybridized carbons (Fsp3) is 0.778. The van der Waals surface area contributed by atoms with Crippen LogP contribution in [0.5, 0.6) is 0 Å². The highest BCUT2D eigenvalue weighted by Gasteiger charge is 2.20. The number of aromatic nitrogens is 2. The van der Waals surface area contributed by atoms with E-state index < -0.39 is 0 Å². The highest BCUT2D eigenvalue weighted by atomic mass is 32.1. The summed E-state index contributed by atoms with van der Waals surface area (Å²) in [6.07, 6.45) is 5.73. The van der Waals surface area contributed by atoms with E-state index in [0.29, 0.717) is 0 Å². The van der Waals surface area contributed by atoms with Gasteiger partial charge in [-0.2, -0.15) is 4.37 Å². The van der Waals surface area contributed by atoms with Crippen LogP contribution in [-0.2, 0) is 0 Å². The summed E-state index contributed by atoms with van der Waals surface area (Å²) in [6, 6.07) is 0. The zero-order chi connectivity index (χ0) is 9.10. The molecule has 1 saturated carbocycles. The van der Waals surface area contributed by atoms with E-state index in [2.05, 4.69) is 21.6 Å². The van der Waals surface area contributed by atoms with Gasteiger partial charge in [0.25, 0.3) is 0 Å². The molecule has 1 aliphatic carbocycles. The van der Waals surface area contributed by atoms with Gasteiger partial charge in [0.1, 0.15) is 6.33 Å². The van der Waals surface area contributed by atoms with Crippen LogP contribution < -0.4 is 5.32 Å². The van der Waals surface area contributed by atoms with Gasteiger partial charge in [0.05, 0.1) is 0 Å². The first kappa shape index (κ1) is 8.94. The fourth-order valence-corrected chi connectivity index (χ4v) is 2.43. The largest absolute Gasteiger partial charge is 0.360 e. The van der Waals surface area contributed by atoms with E-state index in [1.807, 2.05) is 0 Å². The van der Waals surface area contributed by atoms with Crippen molar-refractivity contribution in [1.29, 1.82) is 0 Å². The molecule has 0 saturated heterocycles. The van der Waals surface area contributed by atoms with Crippen molar-refractivity contribution in [3.05, 3.63) is 6.33 Å². The van der Waals surface area contributed by atoms with Gasteiger partial charge in [-0.25, -0.2) is 4.98 Å². The van der Waals surface area contributed by atoms with Crippen LogP contribution in [0, 0.1) is 11.8 Å². The molecule has 2 rings (SSSR count). The first-order chi connectivity index (χ1) is 6.34. The van der Waals surface area contributed by atoms with Crippen molar-refractivity contribution in [2.45, 2.75) is 26.2 Å². The third-order valence-electron chi connectivity index (χ3n) is 2.71. The molecule has 2 atom stereocenters. The van der Waals surface area contributed by atoms with E-state index >= 15 is 0 Å². The maximum Gasteiger partial charge on any atom is 0.202 e. The summed E-state index contributed by atoms with van der Waals surface area (Å²) in [5.41, 5.74) is 0. The van der Waals surface area contributed by atoms with E-state index in [-0.39, 0.29) is 0 Å². The average Bonchev–Trinajstić information content (AvgIpc) is 2.71. The molecule has 1 aromatic rings. The lowest BCUT2D eigenvalue weighted by Gasteiger charge is -2.09. The third kappa shape index (κ3) is 2.40. The van der Waals surface area contributed by atoms with Crippen molar-refractivity contribution in [2.75, 3.05) is 11.9 Å². The lowest BCUT2D eigenvalue weighted by Crippen LogP contribution is -2.11. The first-order valence-corrected chi connectivity index (χ1v) is 5.62. The Morgan fingerprint density at radius 3 is 3.15 bits per heavy atom. The third-order valence-corrected chi connectivity index (χ3v) is 3.33. The highest BCUT2D eigenvalue weighted by molar-refractivity contribution is 7.09. The van der Waals surface area contributed by atoms with Crippen molar-refractivity contribution in [3.8, 4) is 0 Å². The molecule has 0 bridgehead atoms. The van der Waals surface area contributed by atoms with Crippen molar-refractivity contribution < 1.29 is 0 Å². The van der Waals surface area contributed by atoms with Crippen LogP contribution in [0.15, 0.2) is 6.33 Å². The zero-order valence-corrected chi connectivity index (χ0v) is 8.68. The van der Waals surface area contributed by atoms with Gasteiger partial charge in [0, 0.05) is 18.1 Å². The zero-order valence-electron chi connectivity index (χ0n) is 7.86. The predicted molar refractivity (Wildman–Crippen MR) is 54.9 cm³/mol. The minimum Gasteiger partial charge on any atom is -0.360 e. The molecule has 13 heavy (non-hydrogen) atoms. The monoisotopic (exact) mass is 197 g/mol. The normalized spacial score (nSPS) is 27.8. The molecule has 0 aromatic carbocycles. The molecule has 1 N–H and O–H groups in total. The van der Waals surface area contributed by atoms with E-state index in [4.69, 9.17) is 0 Å². The topological polar surface area (TPSA) is 37.8 Å². The first-order valence-electron chi connectivity index (χ1n) is 4.85. The summed E-state index contributed by atoms with van der Waals surface area (Å²) in [7, 11) is 0. The maximum atomic E-state index is 4.09. The summed E-state index contributed by atoms with van der Waals surface area (Å²) < 4.78 is 3.95. The minimum atomic E-state index is 0.846. The Morgan fingerprint density at radius 1 is 1.62 bits per heavy atom.